The molecule has 0 radical (unpaired) electrons. The quantitative estimate of drug-likeness (QED) is 0.785. The van der Waals surface area contributed by atoms with Crippen LogP contribution in [0.4, 0.5) is 4.79 Å². The third-order valence-corrected chi connectivity index (χ3v) is 4.18. The summed E-state index contributed by atoms with van der Waals surface area (Å²) in [5.41, 5.74) is -0.970. The van der Waals surface area contributed by atoms with Crippen molar-refractivity contribution in [1.82, 2.24) is 9.55 Å². The summed E-state index contributed by atoms with van der Waals surface area (Å²) in [5.74, 6) is 0.401. The molecule has 2 atom stereocenters. The molecule has 1 N–H and O–H groups in total. The number of H-pyrrole nitrogens is 1. The van der Waals surface area contributed by atoms with E-state index < -0.39 is 23.6 Å². The standard InChI is InChI=1S/C17H26N2O6/c1-10(2)15(11(3)4)25-17(22)23-9-12-5-6-14(24-12)19-8-7-13(20)18-16(19)21/h7-8,10-12,14-15H,5-6,9H2,1-4H3,(H,18,20,21). The predicted molar refractivity (Wildman–Crippen MR) is 90.4 cm³/mol. The lowest BCUT2D eigenvalue weighted by molar-refractivity contribution is -0.0545. The lowest BCUT2D eigenvalue weighted by atomic mass is 9.96. The van der Waals surface area contributed by atoms with Crippen molar-refractivity contribution in [3.63, 3.8) is 0 Å². The van der Waals surface area contributed by atoms with E-state index in [0.717, 1.165) is 0 Å². The van der Waals surface area contributed by atoms with Crippen LogP contribution in [0.2, 0.25) is 0 Å². The number of carbonyl (C=O) groups excluding carboxylic acids is 1. The summed E-state index contributed by atoms with van der Waals surface area (Å²) in [6.07, 6.45) is 0.932. The van der Waals surface area contributed by atoms with Crippen molar-refractivity contribution in [3.05, 3.63) is 33.1 Å². The molecule has 2 heterocycles. The lowest BCUT2D eigenvalue weighted by Gasteiger charge is -2.24. The average molecular weight is 354 g/mol. The Kier molecular flexibility index (Phi) is 6.41. The molecule has 0 spiro atoms. The number of carbonyl (C=O) groups is 1. The van der Waals surface area contributed by atoms with E-state index in [2.05, 4.69) is 4.98 Å². The van der Waals surface area contributed by atoms with Crippen LogP contribution in [0.25, 0.3) is 0 Å². The van der Waals surface area contributed by atoms with E-state index in [0.29, 0.717) is 12.8 Å². The van der Waals surface area contributed by atoms with Crippen molar-refractivity contribution >= 4 is 6.16 Å². The Hall–Kier alpha value is -2.09. The fourth-order valence-electron chi connectivity index (χ4n) is 3.02. The van der Waals surface area contributed by atoms with Gasteiger partial charge in [-0.1, -0.05) is 27.7 Å². The molecule has 1 fully saturated rings. The molecule has 8 nitrogen and oxygen atoms in total. The molecule has 1 saturated heterocycles. The Labute approximate surface area is 146 Å². The second kappa shape index (κ2) is 8.33. The highest BCUT2D eigenvalue weighted by atomic mass is 16.7. The molecule has 0 amide bonds. The Morgan fingerprint density at radius 3 is 2.56 bits per heavy atom. The van der Waals surface area contributed by atoms with Gasteiger partial charge < -0.3 is 14.2 Å². The summed E-state index contributed by atoms with van der Waals surface area (Å²) in [4.78, 5) is 36.9. The summed E-state index contributed by atoms with van der Waals surface area (Å²) >= 11 is 0. The molecule has 2 rings (SSSR count). The normalized spacial score (nSPS) is 20.4. The van der Waals surface area contributed by atoms with E-state index in [9.17, 15) is 14.4 Å². The number of hydrogen-bond acceptors (Lipinski definition) is 6. The number of nitrogens with one attached hydrogen (secondary N) is 1. The minimum atomic E-state index is -0.708. The summed E-state index contributed by atoms with van der Waals surface area (Å²) in [6.45, 7) is 8.03. The molecule has 1 aliphatic heterocycles. The van der Waals surface area contributed by atoms with Gasteiger partial charge in [-0.25, -0.2) is 9.59 Å². The number of aromatic nitrogens is 2. The molecule has 0 aromatic carbocycles. The molecule has 0 bridgehead atoms. The molecule has 140 valence electrons. The second-order valence-corrected chi connectivity index (χ2v) is 6.94. The molecule has 1 aromatic rings. The Balaban J connectivity index is 1.84. The first-order valence-corrected chi connectivity index (χ1v) is 8.58. The van der Waals surface area contributed by atoms with Gasteiger partial charge >= 0.3 is 11.8 Å². The van der Waals surface area contributed by atoms with Crippen LogP contribution < -0.4 is 11.2 Å². The molecule has 25 heavy (non-hydrogen) atoms. The maximum Gasteiger partial charge on any atom is 0.508 e. The molecule has 1 aromatic heterocycles. The third-order valence-electron chi connectivity index (χ3n) is 4.18. The van der Waals surface area contributed by atoms with Crippen LogP contribution in [-0.2, 0) is 14.2 Å². The van der Waals surface area contributed by atoms with Gasteiger partial charge in [0.1, 0.15) is 18.9 Å². The van der Waals surface area contributed by atoms with E-state index in [1.54, 1.807) is 0 Å². The first-order valence-electron chi connectivity index (χ1n) is 8.58. The highest BCUT2D eigenvalue weighted by Gasteiger charge is 2.29. The first kappa shape index (κ1) is 19.2. The van der Waals surface area contributed by atoms with Crippen LogP contribution in [0.5, 0.6) is 0 Å². The molecule has 1 aliphatic rings. The topological polar surface area (TPSA) is 99.6 Å². The zero-order valence-electron chi connectivity index (χ0n) is 15.1. The van der Waals surface area contributed by atoms with Crippen LogP contribution in [-0.4, -0.2) is 34.5 Å². The zero-order chi connectivity index (χ0) is 18.6. The van der Waals surface area contributed by atoms with Crippen LogP contribution in [0.15, 0.2) is 21.9 Å². The second-order valence-electron chi connectivity index (χ2n) is 6.94. The Morgan fingerprint density at radius 2 is 1.96 bits per heavy atom. The van der Waals surface area contributed by atoms with Gasteiger partial charge in [0.05, 0.1) is 6.10 Å². The van der Waals surface area contributed by atoms with Gasteiger partial charge in [-0.3, -0.25) is 14.3 Å². The fourth-order valence-corrected chi connectivity index (χ4v) is 3.02. The molecule has 2 unspecified atom stereocenters. The summed E-state index contributed by atoms with van der Waals surface area (Å²) in [6, 6.07) is 1.27. The fraction of sp³-hybridized carbons (Fsp3) is 0.706. The van der Waals surface area contributed by atoms with Crippen LogP contribution in [0.3, 0.4) is 0 Å². The van der Waals surface area contributed by atoms with Gasteiger partial charge in [0.15, 0.2) is 0 Å². The van der Waals surface area contributed by atoms with Crippen LogP contribution in [0.1, 0.15) is 46.8 Å². The lowest BCUT2D eigenvalue weighted by Crippen LogP contribution is -2.32. The highest BCUT2D eigenvalue weighted by Crippen LogP contribution is 2.27. The van der Waals surface area contributed by atoms with E-state index in [-0.39, 0.29) is 30.7 Å². The maximum atomic E-state index is 11.9. The van der Waals surface area contributed by atoms with Crippen molar-refractivity contribution in [2.45, 2.75) is 59.0 Å². The van der Waals surface area contributed by atoms with E-state index in [1.165, 1.54) is 16.8 Å². The van der Waals surface area contributed by atoms with Crippen LogP contribution >= 0.6 is 0 Å². The van der Waals surface area contributed by atoms with Crippen molar-refractivity contribution in [3.8, 4) is 0 Å². The van der Waals surface area contributed by atoms with E-state index in [1.807, 2.05) is 27.7 Å². The molecule has 8 heteroatoms. The van der Waals surface area contributed by atoms with Crippen molar-refractivity contribution in [1.29, 1.82) is 0 Å². The van der Waals surface area contributed by atoms with Crippen LogP contribution in [0, 0.1) is 11.8 Å². The van der Waals surface area contributed by atoms with Gasteiger partial charge in [0, 0.05) is 12.3 Å². The van der Waals surface area contributed by atoms with Crippen molar-refractivity contribution in [2.75, 3.05) is 6.61 Å². The maximum absolute atomic E-state index is 11.9. The third kappa shape index (κ3) is 5.19. The Morgan fingerprint density at radius 1 is 1.28 bits per heavy atom. The van der Waals surface area contributed by atoms with Gasteiger partial charge in [-0.2, -0.15) is 0 Å². The van der Waals surface area contributed by atoms with Gasteiger partial charge in [-0.15, -0.1) is 0 Å². The molecular weight excluding hydrogens is 328 g/mol. The zero-order valence-corrected chi connectivity index (χ0v) is 15.1. The highest BCUT2D eigenvalue weighted by molar-refractivity contribution is 5.60. The number of aromatic amines is 1. The summed E-state index contributed by atoms with van der Waals surface area (Å²) < 4.78 is 17.6. The Bertz CT molecular complexity index is 685. The van der Waals surface area contributed by atoms with E-state index in [4.69, 9.17) is 14.2 Å². The average Bonchev–Trinajstić information content (AvgIpc) is 2.98. The number of hydrogen-bond donors (Lipinski definition) is 1. The SMILES string of the molecule is CC(C)C(OC(=O)OCC1CCC(n2ccc(=O)[nH]c2=O)O1)C(C)C. The molecule has 0 saturated carbocycles. The van der Waals surface area contributed by atoms with E-state index >= 15 is 0 Å². The largest absolute Gasteiger partial charge is 0.508 e. The van der Waals surface area contributed by atoms with Gasteiger partial charge in [-0.05, 0) is 24.7 Å². The van der Waals surface area contributed by atoms with Crippen molar-refractivity contribution in [2.24, 2.45) is 11.8 Å². The minimum absolute atomic E-state index is 0.0658. The number of ether oxygens (including phenoxy) is 3. The summed E-state index contributed by atoms with van der Waals surface area (Å²) in [5, 5.41) is 0. The van der Waals surface area contributed by atoms with Crippen molar-refractivity contribution < 1.29 is 19.0 Å². The minimum Gasteiger partial charge on any atom is -0.432 e. The van der Waals surface area contributed by atoms with Gasteiger partial charge in [0.25, 0.3) is 5.56 Å². The summed E-state index contributed by atoms with van der Waals surface area (Å²) in [7, 11) is 0. The smallest absolute Gasteiger partial charge is 0.432 e. The monoisotopic (exact) mass is 354 g/mol. The number of nitrogens with zero attached hydrogens (tertiary/aromatic N) is 1. The predicted octanol–water partition coefficient (Wildman–Crippen LogP) is 2.05. The first-order chi connectivity index (χ1) is 11.8. The van der Waals surface area contributed by atoms with Gasteiger partial charge in [0.2, 0.25) is 0 Å². The molecule has 0 aliphatic carbocycles. The number of rotatable bonds is 6. The molecular formula is C17H26N2O6.